The van der Waals surface area contributed by atoms with E-state index in [1.807, 2.05) is 19.1 Å². The third-order valence-electron chi connectivity index (χ3n) is 3.99. The molecular weight excluding hydrogens is 349 g/mol. The maximum absolute atomic E-state index is 13.1. The van der Waals surface area contributed by atoms with Gasteiger partial charge in [-0.15, -0.1) is 5.10 Å². The fourth-order valence-electron chi connectivity index (χ4n) is 2.80. The monoisotopic (exact) mass is 366 g/mol. The highest BCUT2D eigenvalue weighted by atomic mass is 19.4. The van der Waals surface area contributed by atoms with E-state index in [9.17, 15) is 18.0 Å². The number of carbonyl (C=O) groups excluding carboxylic acids is 1. The summed E-state index contributed by atoms with van der Waals surface area (Å²) in [6.07, 6.45) is -4.69. The molecule has 9 heteroatoms. The first-order chi connectivity index (χ1) is 12.2. The van der Waals surface area contributed by atoms with Gasteiger partial charge in [-0.3, -0.25) is 0 Å². The Morgan fingerprint density at radius 1 is 1.27 bits per heavy atom. The van der Waals surface area contributed by atoms with Gasteiger partial charge in [-0.2, -0.15) is 18.2 Å². The minimum atomic E-state index is -4.69. The molecule has 2 aromatic rings. The molecule has 0 radical (unpaired) electrons. The number of benzene rings is 1. The smallest absolute Gasteiger partial charge is 0.453 e. The largest absolute Gasteiger partial charge is 0.463 e. The lowest BCUT2D eigenvalue weighted by Crippen LogP contribution is -2.29. The molecule has 1 N–H and O–H groups in total. The van der Waals surface area contributed by atoms with Crippen LogP contribution in [0.15, 0.2) is 35.5 Å². The van der Waals surface area contributed by atoms with Gasteiger partial charge in [0.15, 0.2) is 0 Å². The predicted molar refractivity (Wildman–Crippen MR) is 87.3 cm³/mol. The third kappa shape index (κ3) is 3.16. The van der Waals surface area contributed by atoms with Gasteiger partial charge in [0.1, 0.15) is 6.04 Å². The van der Waals surface area contributed by atoms with Crippen molar-refractivity contribution < 1.29 is 22.7 Å². The van der Waals surface area contributed by atoms with Crippen LogP contribution in [0.5, 0.6) is 0 Å². The quantitative estimate of drug-likeness (QED) is 0.843. The number of anilines is 1. The highest BCUT2D eigenvalue weighted by Gasteiger charge is 2.41. The Labute approximate surface area is 147 Å². The first-order valence-electron chi connectivity index (χ1n) is 7.97. The molecule has 0 saturated carbocycles. The average Bonchev–Trinajstić information content (AvgIpc) is 2.98. The van der Waals surface area contributed by atoms with Crippen molar-refractivity contribution in [3.63, 3.8) is 0 Å². The molecule has 3 rings (SSSR count). The number of carbonyl (C=O) groups is 1. The van der Waals surface area contributed by atoms with Crippen molar-refractivity contribution in [3.8, 4) is 0 Å². The molecular formula is C17H17F3N4O2. The number of hydrogen-bond donors (Lipinski definition) is 1. The number of fused-ring (bicyclic) bond motifs is 1. The second kappa shape index (κ2) is 6.47. The molecule has 1 aliphatic rings. The number of alkyl halides is 3. The van der Waals surface area contributed by atoms with E-state index in [1.165, 1.54) is 0 Å². The summed E-state index contributed by atoms with van der Waals surface area (Å²) in [6, 6.07) is 6.26. The first-order valence-corrected chi connectivity index (χ1v) is 7.97. The lowest BCUT2D eigenvalue weighted by Gasteiger charge is -2.28. The van der Waals surface area contributed by atoms with Gasteiger partial charge < -0.3 is 10.1 Å². The Hall–Kier alpha value is -2.84. The fourth-order valence-corrected chi connectivity index (χ4v) is 2.80. The number of hydrogen-bond acceptors (Lipinski definition) is 5. The van der Waals surface area contributed by atoms with E-state index in [1.54, 1.807) is 26.0 Å². The molecule has 1 aliphatic heterocycles. The van der Waals surface area contributed by atoms with E-state index < -0.39 is 24.0 Å². The summed E-state index contributed by atoms with van der Waals surface area (Å²) in [6.45, 7) is 5.29. The van der Waals surface area contributed by atoms with Crippen LogP contribution >= 0.6 is 0 Å². The van der Waals surface area contributed by atoms with Crippen LogP contribution in [0.3, 0.4) is 0 Å². The van der Waals surface area contributed by atoms with Crippen molar-refractivity contribution in [1.29, 1.82) is 0 Å². The van der Waals surface area contributed by atoms with Gasteiger partial charge in [0.05, 0.1) is 12.2 Å². The number of allylic oxidation sites excluding steroid dienone is 1. The van der Waals surface area contributed by atoms with Gasteiger partial charge in [0, 0.05) is 5.70 Å². The number of halogens is 3. The number of ether oxygens (including phenoxy) is 1. The van der Waals surface area contributed by atoms with E-state index in [-0.39, 0.29) is 18.1 Å². The molecule has 26 heavy (non-hydrogen) atoms. The summed E-state index contributed by atoms with van der Waals surface area (Å²) in [5.41, 5.74) is 2.17. The first kappa shape index (κ1) is 18.0. The fraction of sp³-hybridized carbons (Fsp3) is 0.353. The Bertz CT molecular complexity index is 869. The molecule has 6 nitrogen and oxygen atoms in total. The molecule has 0 fully saturated rings. The summed E-state index contributed by atoms with van der Waals surface area (Å²) in [7, 11) is 0. The standard InChI is InChI=1S/C17H17F3N4O2/c1-4-26-14(25)12-10(3)21-16-22-15(17(18,19)20)23-24(16)13(12)11-7-5-9(2)6-8-11/h5-8,13H,4H2,1-3H3,(H,21,22,23)/t13-/m1/s1. The van der Waals surface area contributed by atoms with Crippen LogP contribution in [0.25, 0.3) is 0 Å². The highest BCUT2D eigenvalue weighted by Crippen LogP contribution is 2.37. The Balaban J connectivity index is 2.17. The summed E-state index contributed by atoms with van der Waals surface area (Å²) >= 11 is 0. The summed E-state index contributed by atoms with van der Waals surface area (Å²) in [5, 5.41) is 6.33. The van der Waals surface area contributed by atoms with Crippen molar-refractivity contribution in [1.82, 2.24) is 14.8 Å². The van der Waals surface area contributed by atoms with Crippen molar-refractivity contribution in [2.45, 2.75) is 33.0 Å². The summed E-state index contributed by atoms with van der Waals surface area (Å²) < 4.78 is 45.3. The number of esters is 1. The molecule has 0 amide bonds. The van der Waals surface area contributed by atoms with E-state index in [0.29, 0.717) is 11.3 Å². The lowest BCUT2D eigenvalue weighted by atomic mass is 9.95. The van der Waals surface area contributed by atoms with Gasteiger partial charge in [-0.05, 0) is 26.3 Å². The lowest BCUT2D eigenvalue weighted by molar-refractivity contribution is -0.145. The van der Waals surface area contributed by atoms with Crippen molar-refractivity contribution >= 4 is 11.9 Å². The SMILES string of the molecule is CCOC(=O)C1=C(C)Nc2nc(C(F)(F)F)nn2[C@@H]1c1ccc(C)cc1. The molecule has 0 bridgehead atoms. The number of rotatable bonds is 3. The second-order valence-corrected chi connectivity index (χ2v) is 5.90. The van der Waals surface area contributed by atoms with Crippen LogP contribution in [-0.2, 0) is 15.7 Å². The number of aryl methyl sites for hydroxylation is 1. The molecule has 1 aromatic carbocycles. The van der Waals surface area contributed by atoms with E-state index in [4.69, 9.17) is 4.74 Å². The predicted octanol–water partition coefficient (Wildman–Crippen LogP) is 3.46. The molecule has 1 atom stereocenters. The zero-order valence-corrected chi connectivity index (χ0v) is 14.4. The van der Waals surface area contributed by atoms with Crippen LogP contribution in [0.2, 0.25) is 0 Å². The average molecular weight is 366 g/mol. The normalized spacial score (nSPS) is 16.9. The zero-order valence-electron chi connectivity index (χ0n) is 14.4. The van der Waals surface area contributed by atoms with Gasteiger partial charge in [0.2, 0.25) is 5.95 Å². The number of nitrogens with zero attached hydrogens (tertiary/aromatic N) is 3. The van der Waals surface area contributed by atoms with Gasteiger partial charge in [0.25, 0.3) is 5.82 Å². The molecule has 138 valence electrons. The van der Waals surface area contributed by atoms with Gasteiger partial charge >= 0.3 is 12.1 Å². The number of aromatic nitrogens is 3. The zero-order chi connectivity index (χ0) is 19.1. The maximum Gasteiger partial charge on any atom is 0.453 e. The minimum absolute atomic E-state index is 0.0755. The van der Waals surface area contributed by atoms with Crippen molar-refractivity contribution in [2.75, 3.05) is 11.9 Å². The Kier molecular flexibility index (Phi) is 4.47. The molecule has 2 heterocycles. The maximum atomic E-state index is 13.1. The van der Waals surface area contributed by atoms with Crippen LogP contribution in [0, 0.1) is 6.92 Å². The summed E-state index contributed by atoms with van der Waals surface area (Å²) in [5.74, 6) is -1.96. The van der Waals surface area contributed by atoms with E-state index in [0.717, 1.165) is 10.2 Å². The number of nitrogens with one attached hydrogen (secondary N) is 1. The topological polar surface area (TPSA) is 69.0 Å². The molecule has 0 unspecified atom stereocenters. The van der Waals surface area contributed by atoms with Gasteiger partial charge in [-0.25, -0.2) is 9.48 Å². The summed E-state index contributed by atoms with van der Waals surface area (Å²) in [4.78, 5) is 16.0. The molecule has 0 spiro atoms. The van der Waals surface area contributed by atoms with Crippen molar-refractivity contribution in [3.05, 3.63) is 52.5 Å². The molecule has 0 saturated heterocycles. The Morgan fingerprint density at radius 2 is 1.92 bits per heavy atom. The molecule has 1 aromatic heterocycles. The van der Waals surface area contributed by atoms with Gasteiger partial charge in [-0.1, -0.05) is 29.8 Å². The third-order valence-corrected chi connectivity index (χ3v) is 3.99. The van der Waals surface area contributed by atoms with E-state index >= 15 is 0 Å². The van der Waals surface area contributed by atoms with Crippen LogP contribution < -0.4 is 5.32 Å². The second-order valence-electron chi connectivity index (χ2n) is 5.90. The van der Waals surface area contributed by atoms with E-state index in [2.05, 4.69) is 15.4 Å². The minimum Gasteiger partial charge on any atom is -0.463 e. The highest BCUT2D eigenvalue weighted by molar-refractivity contribution is 5.92. The van der Waals surface area contributed by atoms with Crippen LogP contribution in [0.1, 0.15) is 36.8 Å². The Morgan fingerprint density at radius 3 is 2.50 bits per heavy atom. The van der Waals surface area contributed by atoms with Crippen LogP contribution in [-0.4, -0.2) is 27.3 Å². The molecule has 0 aliphatic carbocycles. The van der Waals surface area contributed by atoms with Crippen LogP contribution in [0.4, 0.5) is 19.1 Å². The van der Waals surface area contributed by atoms with Crippen molar-refractivity contribution in [2.24, 2.45) is 0 Å².